The molecule has 0 aliphatic carbocycles. The summed E-state index contributed by atoms with van der Waals surface area (Å²) in [5, 5.41) is 2.77. The van der Waals surface area contributed by atoms with Crippen LogP contribution in [0.2, 0.25) is 0 Å². The van der Waals surface area contributed by atoms with Gasteiger partial charge >= 0.3 is 5.97 Å². The normalized spacial score (nSPS) is 11.6. The first-order valence-corrected chi connectivity index (χ1v) is 8.19. The first-order valence-electron chi connectivity index (χ1n) is 8.19. The number of ether oxygens (including phenoxy) is 2. The van der Waals surface area contributed by atoms with E-state index in [1.54, 1.807) is 0 Å². The smallest absolute Gasteiger partial charge is 0.338 e. The fraction of sp³-hybridized carbons (Fsp3) is 0.300. The summed E-state index contributed by atoms with van der Waals surface area (Å²) in [5.74, 6) is -1.85. The lowest BCUT2D eigenvalue weighted by Gasteiger charge is -2.16. The van der Waals surface area contributed by atoms with Gasteiger partial charge in [0, 0.05) is 0 Å². The van der Waals surface area contributed by atoms with E-state index in [2.05, 4.69) is 5.32 Å². The predicted octanol–water partition coefficient (Wildman–Crippen LogP) is 3.49. The number of esters is 1. The highest BCUT2D eigenvalue weighted by atomic mass is 19.1. The number of halogens is 1. The van der Waals surface area contributed by atoms with Crippen LogP contribution >= 0.6 is 0 Å². The maximum atomic E-state index is 13.6. The molecular weight excluding hydrogens is 337 g/mol. The molecule has 138 valence electrons. The molecule has 6 heteroatoms. The zero-order chi connectivity index (χ0) is 19.3. The summed E-state index contributed by atoms with van der Waals surface area (Å²) in [6.07, 6.45) is 0. The van der Waals surface area contributed by atoms with Crippen molar-refractivity contribution in [2.45, 2.75) is 26.8 Å². The standard InChI is InChI=1S/C20H22FNO4/c1-12-5-6-15(9-13(12)2)14(3)22-19(23)11-26-20(24)16-7-8-18(25-4)17(21)10-16/h5-10,14H,11H2,1-4H3,(H,22,23)/t14-/m1/s1. The van der Waals surface area contributed by atoms with Crippen LogP contribution in [0.5, 0.6) is 5.75 Å². The maximum absolute atomic E-state index is 13.6. The van der Waals surface area contributed by atoms with E-state index in [4.69, 9.17) is 9.47 Å². The molecule has 2 aromatic rings. The van der Waals surface area contributed by atoms with E-state index >= 15 is 0 Å². The fourth-order valence-corrected chi connectivity index (χ4v) is 2.41. The Morgan fingerprint density at radius 1 is 1.12 bits per heavy atom. The van der Waals surface area contributed by atoms with Crippen molar-refractivity contribution in [1.29, 1.82) is 0 Å². The monoisotopic (exact) mass is 359 g/mol. The third-order valence-electron chi connectivity index (χ3n) is 4.13. The second kappa shape index (κ2) is 8.47. The quantitative estimate of drug-likeness (QED) is 0.802. The highest BCUT2D eigenvalue weighted by Gasteiger charge is 2.15. The molecule has 0 saturated heterocycles. The van der Waals surface area contributed by atoms with Gasteiger partial charge in [0.1, 0.15) is 0 Å². The van der Waals surface area contributed by atoms with E-state index in [-0.39, 0.29) is 17.4 Å². The van der Waals surface area contributed by atoms with Crippen molar-refractivity contribution >= 4 is 11.9 Å². The second-order valence-electron chi connectivity index (χ2n) is 6.06. The Kier molecular flexibility index (Phi) is 6.33. The average Bonchev–Trinajstić information content (AvgIpc) is 2.61. The van der Waals surface area contributed by atoms with Crippen molar-refractivity contribution in [2.75, 3.05) is 13.7 Å². The number of carbonyl (C=O) groups is 2. The minimum absolute atomic E-state index is 0.0123. The number of hydrogen-bond donors (Lipinski definition) is 1. The molecule has 1 N–H and O–H groups in total. The molecule has 0 aliphatic rings. The summed E-state index contributed by atoms with van der Waals surface area (Å²) in [5.41, 5.74) is 3.28. The Morgan fingerprint density at radius 3 is 2.46 bits per heavy atom. The molecule has 0 unspecified atom stereocenters. The number of hydrogen-bond acceptors (Lipinski definition) is 4. The molecule has 0 spiro atoms. The summed E-state index contributed by atoms with van der Waals surface area (Å²) >= 11 is 0. The van der Waals surface area contributed by atoms with E-state index < -0.39 is 24.3 Å². The number of methoxy groups -OCH3 is 1. The lowest BCUT2D eigenvalue weighted by Crippen LogP contribution is -2.31. The number of aryl methyl sites for hydroxylation is 2. The van der Waals surface area contributed by atoms with Gasteiger partial charge < -0.3 is 14.8 Å². The molecule has 2 aromatic carbocycles. The van der Waals surface area contributed by atoms with Gasteiger partial charge in [0.25, 0.3) is 5.91 Å². The van der Waals surface area contributed by atoms with E-state index in [1.807, 2.05) is 39.0 Å². The van der Waals surface area contributed by atoms with E-state index in [1.165, 1.54) is 24.8 Å². The van der Waals surface area contributed by atoms with Gasteiger partial charge in [-0.1, -0.05) is 18.2 Å². The van der Waals surface area contributed by atoms with Crippen LogP contribution in [0, 0.1) is 19.7 Å². The molecule has 0 bridgehead atoms. The number of amides is 1. The Labute approximate surface area is 152 Å². The third kappa shape index (κ3) is 4.81. The highest BCUT2D eigenvalue weighted by Crippen LogP contribution is 2.18. The highest BCUT2D eigenvalue weighted by molar-refractivity contribution is 5.91. The molecule has 1 atom stereocenters. The van der Waals surface area contributed by atoms with Gasteiger partial charge in [0.15, 0.2) is 18.2 Å². The Balaban J connectivity index is 1.90. The van der Waals surface area contributed by atoms with Gasteiger partial charge in [-0.05, 0) is 55.7 Å². The van der Waals surface area contributed by atoms with Gasteiger partial charge in [-0.25, -0.2) is 9.18 Å². The van der Waals surface area contributed by atoms with E-state index in [0.29, 0.717) is 0 Å². The van der Waals surface area contributed by atoms with Crippen molar-refractivity contribution in [3.8, 4) is 5.75 Å². The maximum Gasteiger partial charge on any atom is 0.338 e. The zero-order valence-corrected chi connectivity index (χ0v) is 15.3. The predicted molar refractivity (Wildman–Crippen MR) is 95.7 cm³/mol. The summed E-state index contributed by atoms with van der Waals surface area (Å²) < 4.78 is 23.3. The third-order valence-corrected chi connectivity index (χ3v) is 4.13. The number of rotatable bonds is 6. The Morgan fingerprint density at radius 2 is 1.85 bits per heavy atom. The molecule has 26 heavy (non-hydrogen) atoms. The molecule has 0 aliphatic heterocycles. The minimum atomic E-state index is -0.777. The molecule has 0 radical (unpaired) electrons. The first kappa shape index (κ1) is 19.4. The van der Waals surface area contributed by atoms with Crippen LogP contribution in [0.3, 0.4) is 0 Å². The van der Waals surface area contributed by atoms with Gasteiger partial charge in [-0.15, -0.1) is 0 Å². The summed E-state index contributed by atoms with van der Waals surface area (Å²) in [7, 11) is 1.33. The molecule has 0 saturated carbocycles. The molecule has 2 rings (SSSR count). The topological polar surface area (TPSA) is 64.6 Å². The zero-order valence-electron chi connectivity index (χ0n) is 15.3. The SMILES string of the molecule is COc1ccc(C(=O)OCC(=O)N[C@H](C)c2ccc(C)c(C)c2)cc1F. The second-order valence-corrected chi connectivity index (χ2v) is 6.06. The lowest BCUT2D eigenvalue weighted by molar-refractivity contribution is -0.124. The minimum Gasteiger partial charge on any atom is -0.494 e. The van der Waals surface area contributed by atoms with Crippen molar-refractivity contribution in [1.82, 2.24) is 5.32 Å². The van der Waals surface area contributed by atoms with Crippen LogP contribution in [0.25, 0.3) is 0 Å². The number of benzene rings is 2. The van der Waals surface area contributed by atoms with Gasteiger partial charge in [0.05, 0.1) is 18.7 Å². The molecule has 5 nitrogen and oxygen atoms in total. The first-order chi connectivity index (χ1) is 12.3. The van der Waals surface area contributed by atoms with Crippen LogP contribution in [0.15, 0.2) is 36.4 Å². The van der Waals surface area contributed by atoms with Crippen LogP contribution in [0.4, 0.5) is 4.39 Å². The molecule has 0 aromatic heterocycles. The number of nitrogens with one attached hydrogen (secondary N) is 1. The molecule has 0 heterocycles. The van der Waals surface area contributed by atoms with E-state index in [9.17, 15) is 14.0 Å². The van der Waals surface area contributed by atoms with Crippen molar-refractivity contribution < 1.29 is 23.5 Å². The van der Waals surface area contributed by atoms with Gasteiger partial charge in [0.2, 0.25) is 0 Å². The van der Waals surface area contributed by atoms with E-state index in [0.717, 1.165) is 17.2 Å². The Hall–Kier alpha value is -2.89. The van der Waals surface area contributed by atoms with Crippen molar-refractivity contribution in [2.24, 2.45) is 0 Å². The van der Waals surface area contributed by atoms with Crippen LogP contribution < -0.4 is 10.1 Å². The lowest BCUT2D eigenvalue weighted by atomic mass is 10.0. The number of carbonyl (C=O) groups excluding carboxylic acids is 2. The molecule has 1 amide bonds. The fourth-order valence-electron chi connectivity index (χ4n) is 2.41. The molecule has 0 fully saturated rings. The van der Waals surface area contributed by atoms with Crippen LogP contribution in [0.1, 0.15) is 40.0 Å². The summed E-state index contributed by atoms with van der Waals surface area (Å²) in [6, 6.07) is 9.43. The summed E-state index contributed by atoms with van der Waals surface area (Å²) in [4.78, 5) is 23.9. The van der Waals surface area contributed by atoms with Crippen LogP contribution in [-0.2, 0) is 9.53 Å². The van der Waals surface area contributed by atoms with Gasteiger partial charge in [-0.2, -0.15) is 0 Å². The van der Waals surface area contributed by atoms with Crippen LogP contribution in [-0.4, -0.2) is 25.6 Å². The average molecular weight is 359 g/mol. The van der Waals surface area contributed by atoms with Gasteiger partial charge in [-0.3, -0.25) is 4.79 Å². The summed E-state index contributed by atoms with van der Waals surface area (Å²) in [6.45, 7) is 5.43. The van der Waals surface area contributed by atoms with Crippen molar-refractivity contribution in [3.05, 3.63) is 64.5 Å². The molecular formula is C20H22FNO4. The largest absolute Gasteiger partial charge is 0.494 e. The van der Waals surface area contributed by atoms with Crippen molar-refractivity contribution in [3.63, 3.8) is 0 Å². The Bertz CT molecular complexity index is 819.